The number of fused-ring (bicyclic) bond motifs is 1. The van der Waals surface area contributed by atoms with Gasteiger partial charge >= 0.3 is 0 Å². The number of methoxy groups -OCH3 is 1. The molecule has 1 amide bonds. The smallest absolute Gasteiger partial charge is 0.244 e. The Kier molecular flexibility index (Phi) is 6.54. The van der Waals surface area contributed by atoms with E-state index in [1.165, 1.54) is 4.31 Å². The van der Waals surface area contributed by atoms with Gasteiger partial charge < -0.3 is 10.1 Å². The molecule has 0 spiro atoms. The van der Waals surface area contributed by atoms with Crippen molar-refractivity contribution in [3.8, 4) is 5.75 Å². The highest BCUT2D eigenvalue weighted by molar-refractivity contribution is 7.89. The topological polar surface area (TPSA) is 75.7 Å². The largest absolute Gasteiger partial charge is 0.497 e. The van der Waals surface area contributed by atoms with Crippen LogP contribution in [0.25, 0.3) is 0 Å². The van der Waals surface area contributed by atoms with E-state index in [1.54, 1.807) is 26.2 Å². The van der Waals surface area contributed by atoms with Crippen molar-refractivity contribution in [1.29, 1.82) is 0 Å². The van der Waals surface area contributed by atoms with Crippen LogP contribution in [0.1, 0.15) is 27.8 Å². The van der Waals surface area contributed by atoms with Crippen molar-refractivity contribution in [2.75, 3.05) is 7.11 Å². The second-order valence-corrected chi connectivity index (χ2v) is 10.2. The fourth-order valence-corrected chi connectivity index (χ4v) is 6.05. The van der Waals surface area contributed by atoms with Crippen molar-refractivity contribution in [2.24, 2.45) is 0 Å². The Bertz CT molecular complexity index is 1290. The number of hydrogen-bond donors (Lipinski definition) is 1. The highest BCUT2D eigenvalue weighted by Gasteiger charge is 2.40. The summed E-state index contributed by atoms with van der Waals surface area (Å²) in [6.45, 7) is 4.08. The summed E-state index contributed by atoms with van der Waals surface area (Å²) in [6.07, 6.45) is 0.324. The Balaban J connectivity index is 1.66. The maximum Gasteiger partial charge on any atom is 0.244 e. The molecule has 0 bridgehead atoms. The molecule has 0 radical (unpaired) electrons. The van der Waals surface area contributed by atoms with Crippen LogP contribution in [-0.2, 0) is 34.3 Å². The van der Waals surface area contributed by atoms with Gasteiger partial charge in [0.15, 0.2) is 0 Å². The van der Waals surface area contributed by atoms with Crippen molar-refractivity contribution >= 4 is 15.9 Å². The van der Waals surface area contributed by atoms with Gasteiger partial charge in [-0.25, -0.2) is 8.42 Å². The van der Waals surface area contributed by atoms with E-state index >= 15 is 0 Å². The third-order valence-electron chi connectivity index (χ3n) is 6.04. The molecule has 0 saturated heterocycles. The van der Waals surface area contributed by atoms with Gasteiger partial charge in [0, 0.05) is 13.1 Å². The third kappa shape index (κ3) is 4.79. The minimum atomic E-state index is -3.89. The summed E-state index contributed by atoms with van der Waals surface area (Å²) < 4.78 is 34.1. The first-order chi connectivity index (χ1) is 15.8. The number of nitrogens with one attached hydrogen (secondary N) is 1. The number of carbonyl (C=O) groups is 1. The monoisotopic (exact) mass is 464 g/mol. The molecule has 1 atom stereocenters. The van der Waals surface area contributed by atoms with Crippen LogP contribution in [-0.4, -0.2) is 31.8 Å². The standard InChI is InChI=1S/C26H28N2O4S/c1-18-11-12-19(2)25(13-18)33(30,31)28-17-22-9-5-4-8-21(22)15-24(28)26(29)27-16-20-7-6-10-23(14-20)32-3/h4-14,24H,15-17H2,1-3H3,(H,27,29)/t24-/m0/s1. The summed E-state index contributed by atoms with van der Waals surface area (Å²) in [7, 11) is -2.30. The Morgan fingerprint density at radius 3 is 2.55 bits per heavy atom. The molecule has 0 unspecified atom stereocenters. The van der Waals surface area contributed by atoms with E-state index in [2.05, 4.69) is 5.32 Å². The average Bonchev–Trinajstić information content (AvgIpc) is 2.83. The van der Waals surface area contributed by atoms with E-state index in [4.69, 9.17) is 4.74 Å². The van der Waals surface area contributed by atoms with Gasteiger partial charge in [0.1, 0.15) is 11.8 Å². The number of carbonyl (C=O) groups excluding carboxylic acids is 1. The molecule has 1 N–H and O–H groups in total. The van der Waals surface area contributed by atoms with Crippen LogP contribution < -0.4 is 10.1 Å². The average molecular weight is 465 g/mol. The number of rotatable bonds is 6. The fraction of sp³-hybridized carbons (Fsp3) is 0.269. The van der Waals surface area contributed by atoms with E-state index in [0.29, 0.717) is 17.7 Å². The Morgan fingerprint density at radius 2 is 1.79 bits per heavy atom. The van der Waals surface area contributed by atoms with Gasteiger partial charge in [-0.2, -0.15) is 4.31 Å². The van der Waals surface area contributed by atoms with Crippen LogP contribution in [0.3, 0.4) is 0 Å². The van der Waals surface area contributed by atoms with Crippen molar-refractivity contribution in [1.82, 2.24) is 9.62 Å². The molecule has 1 heterocycles. The maximum atomic E-state index is 13.8. The first-order valence-electron chi connectivity index (χ1n) is 10.9. The molecular weight excluding hydrogens is 436 g/mol. The number of amides is 1. The Labute approximate surface area is 195 Å². The van der Waals surface area contributed by atoms with Crippen molar-refractivity contribution in [2.45, 2.75) is 44.3 Å². The van der Waals surface area contributed by atoms with Crippen molar-refractivity contribution < 1.29 is 17.9 Å². The zero-order chi connectivity index (χ0) is 23.6. The lowest BCUT2D eigenvalue weighted by atomic mass is 9.95. The summed E-state index contributed by atoms with van der Waals surface area (Å²) in [5.41, 5.74) is 4.31. The molecule has 1 aliphatic heterocycles. The third-order valence-corrected chi connectivity index (χ3v) is 8.04. The van der Waals surface area contributed by atoms with Crippen LogP contribution >= 0.6 is 0 Å². The highest BCUT2D eigenvalue weighted by Crippen LogP contribution is 2.31. The SMILES string of the molecule is COc1cccc(CNC(=O)[C@@H]2Cc3ccccc3CN2S(=O)(=O)c2cc(C)ccc2C)c1. The van der Waals surface area contributed by atoms with Crippen molar-refractivity contribution in [3.63, 3.8) is 0 Å². The summed E-state index contributed by atoms with van der Waals surface area (Å²) in [6, 6.07) is 19.7. The van der Waals surface area contributed by atoms with Gasteiger partial charge in [0.2, 0.25) is 15.9 Å². The van der Waals surface area contributed by atoms with Crippen LogP contribution in [0.5, 0.6) is 5.75 Å². The zero-order valence-electron chi connectivity index (χ0n) is 19.0. The summed E-state index contributed by atoms with van der Waals surface area (Å²) >= 11 is 0. The van der Waals surface area contributed by atoms with Crippen LogP contribution in [0.2, 0.25) is 0 Å². The molecule has 172 valence electrons. The zero-order valence-corrected chi connectivity index (χ0v) is 19.9. The quantitative estimate of drug-likeness (QED) is 0.603. The molecule has 33 heavy (non-hydrogen) atoms. The minimum absolute atomic E-state index is 0.156. The Hall–Kier alpha value is -3.16. The van der Waals surface area contributed by atoms with Crippen LogP contribution in [0.15, 0.2) is 71.6 Å². The highest BCUT2D eigenvalue weighted by atomic mass is 32.2. The van der Waals surface area contributed by atoms with E-state index in [9.17, 15) is 13.2 Å². The lowest BCUT2D eigenvalue weighted by Crippen LogP contribution is -2.52. The fourth-order valence-electron chi connectivity index (χ4n) is 4.18. The number of nitrogens with zero attached hydrogens (tertiary/aromatic N) is 1. The Morgan fingerprint density at radius 1 is 1.03 bits per heavy atom. The number of sulfonamides is 1. The number of hydrogen-bond acceptors (Lipinski definition) is 4. The second-order valence-electron chi connectivity index (χ2n) is 8.38. The molecule has 3 aromatic carbocycles. The first-order valence-corrected chi connectivity index (χ1v) is 12.3. The summed E-state index contributed by atoms with van der Waals surface area (Å²) in [5, 5.41) is 2.93. The molecule has 0 aromatic heterocycles. The lowest BCUT2D eigenvalue weighted by Gasteiger charge is -2.35. The number of benzene rings is 3. The maximum absolute atomic E-state index is 13.8. The molecular formula is C26H28N2O4S. The van der Waals surface area contributed by atoms with E-state index < -0.39 is 16.1 Å². The summed E-state index contributed by atoms with van der Waals surface area (Å²) in [4.78, 5) is 13.6. The van der Waals surface area contributed by atoms with Gasteiger partial charge in [0.25, 0.3) is 0 Å². The molecule has 0 fully saturated rings. The van der Waals surface area contributed by atoms with Gasteiger partial charge in [-0.15, -0.1) is 0 Å². The van der Waals surface area contributed by atoms with Crippen LogP contribution in [0, 0.1) is 13.8 Å². The predicted octanol–water partition coefficient (Wildman–Crippen LogP) is 3.74. The van der Waals surface area contributed by atoms with E-state index in [0.717, 1.165) is 22.3 Å². The van der Waals surface area contributed by atoms with Gasteiger partial charge in [-0.05, 0) is 66.3 Å². The second kappa shape index (κ2) is 9.37. The number of ether oxygens (including phenoxy) is 1. The van der Waals surface area contributed by atoms with E-state index in [-0.39, 0.29) is 23.9 Å². The summed E-state index contributed by atoms with van der Waals surface area (Å²) in [5.74, 6) is 0.383. The first kappa shape index (κ1) is 23.0. The lowest BCUT2D eigenvalue weighted by molar-refractivity contribution is -0.125. The molecule has 7 heteroatoms. The molecule has 0 saturated carbocycles. The minimum Gasteiger partial charge on any atom is -0.497 e. The van der Waals surface area contributed by atoms with Crippen LogP contribution in [0.4, 0.5) is 0 Å². The molecule has 3 aromatic rings. The normalized spacial score (nSPS) is 16.2. The van der Waals surface area contributed by atoms with Gasteiger partial charge in [-0.1, -0.05) is 48.5 Å². The van der Waals surface area contributed by atoms with E-state index in [1.807, 2.05) is 61.5 Å². The molecule has 0 aliphatic carbocycles. The van der Waals surface area contributed by atoms with Gasteiger partial charge in [-0.3, -0.25) is 4.79 Å². The predicted molar refractivity (Wildman–Crippen MR) is 127 cm³/mol. The van der Waals surface area contributed by atoms with Gasteiger partial charge in [0.05, 0.1) is 12.0 Å². The molecule has 1 aliphatic rings. The molecule has 4 rings (SSSR count). The van der Waals surface area contributed by atoms with Crippen molar-refractivity contribution in [3.05, 3.63) is 94.5 Å². The molecule has 6 nitrogen and oxygen atoms in total. The number of aryl methyl sites for hydroxylation is 2.